The first-order valence-electron chi connectivity index (χ1n) is 16.4. The molecule has 264 valence electrons. The van der Waals surface area contributed by atoms with Crippen molar-refractivity contribution < 1.29 is 22.7 Å². The van der Waals surface area contributed by atoms with Gasteiger partial charge in [-0.15, -0.1) is 0 Å². The number of carbonyl (C=O) groups excluding carboxylic acids is 2. The van der Waals surface area contributed by atoms with Gasteiger partial charge in [-0.1, -0.05) is 95.5 Å². The van der Waals surface area contributed by atoms with E-state index in [9.17, 15) is 18.0 Å². The van der Waals surface area contributed by atoms with E-state index in [1.807, 2.05) is 81.4 Å². The fourth-order valence-electron chi connectivity index (χ4n) is 5.44. The molecule has 0 spiro atoms. The first-order valence-corrected chi connectivity index (χ1v) is 18.6. The molecule has 0 aliphatic carbocycles. The first kappa shape index (κ1) is 37.4. The summed E-state index contributed by atoms with van der Waals surface area (Å²) in [5.74, 6) is 0.129. The van der Waals surface area contributed by atoms with E-state index in [-0.39, 0.29) is 40.5 Å². The molecule has 51 heavy (non-hydrogen) atoms. The lowest BCUT2D eigenvalue weighted by molar-refractivity contribution is -0.140. The number of para-hydroxylation sites is 1. The summed E-state index contributed by atoms with van der Waals surface area (Å²) in [6, 6.07) is 35.2. The topological polar surface area (TPSA) is 96.0 Å². The van der Waals surface area contributed by atoms with Crippen LogP contribution in [0.1, 0.15) is 30.5 Å². The van der Waals surface area contributed by atoms with Crippen LogP contribution in [0.4, 0.5) is 5.69 Å². The minimum atomic E-state index is -4.27. The Morgan fingerprint density at radius 2 is 1.35 bits per heavy atom. The molecule has 2 amide bonds. The van der Waals surface area contributed by atoms with Gasteiger partial charge in [0.1, 0.15) is 24.1 Å². The number of benzene rings is 5. The molecule has 0 aliphatic rings. The summed E-state index contributed by atoms with van der Waals surface area (Å²) < 4.78 is 35.7. The molecule has 0 bridgehead atoms. The normalized spacial score (nSPS) is 11.9. The Labute approximate surface area is 309 Å². The van der Waals surface area contributed by atoms with Crippen LogP contribution < -0.4 is 14.4 Å². The van der Waals surface area contributed by atoms with E-state index in [1.165, 1.54) is 17.0 Å². The van der Waals surface area contributed by atoms with Crippen molar-refractivity contribution in [2.24, 2.45) is 0 Å². The maximum atomic E-state index is 14.7. The van der Waals surface area contributed by atoms with E-state index in [4.69, 9.17) is 27.9 Å². The highest BCUT2D eigenvalue weighted by Gasteiger charge is 2.35. The Bertz CT molecular complexity index is 2040. The van der Waals surface area contributed by atoms with Crippen LogP contribution in [0.2, 0.25) is 10.0 Å². The monoisotopic (exact) mass is 743 g/mol. The molecule has 8 nitrogen and oxygen atoms in total. The van der Waals surface area contributed by atoms with Gasteiger partial charge in [-0.25, -0.2) is 8.42 Å². The molecule has 5 aromatic carbocycles. The summed E-state index contributed by atoms with van der Waals surface area (Å²) in [4.78, 5) is 30.0. The van der Waals surface area contributed by atoms with Gasteiger partial charge in [-0.3, -0.25) is 13.9 Å². The zero-order chi connectivity index (χ0) is 36.5. The molecule has 0 aromatic heterocycles. The van der Waals surface area contributed by atoms with E-state index in [2.05, 4.69) is 5.32 Å². The minimum absolute atomic E-state index is 0.0138. The molecule has 0 fully saturated rings. The average Bonchev–Trinajstić information content (AvgIpc) is 3.11. The third-order valence-electron chi connectivity index (χ3n) is 8.03. The lowest BCUT2D eigenvalue weighted by Gasteiger charge is -2.34. The van der Waals surface area contributed by atoms with Crippen LogP contribution in [0.25, 0.3) is 0 Å². The highest BCUT2D eigenvalue weighted by Crippen LogP contribution is 2.30. The van der Waals surface area contributed by atoms with Gasteiger partial charge < -0.3 is 15.0 Å². The minimum Gasteiger partial charge on any atom is -0.457 e. The fourth-order valence-corrected chi connectivity index (χ4v) is 7.18. The number of rotatable bonds is 14. The number of nitrogens with one attached hydrogen (secondary N) is 1. The van der Waals surface area contributed by atoms with Crippen molar-refractivity contribution in [1.29, 1.82) is 0 Å². The molecule has 1 atom stereocenters. The summed E-state index contributed by atoms with van der Waals surface area (Å²) in [6.45, 7) is 4.89. The number of sulfonamides is 1. The highest BCUT2D eigenvalue weighted by molar-refractivity contribution is 7.92. The molecule has 0 heterocycles. The summed E-state index contributed by atoms with van der Waals surface area (Å²) in [7, 11) is -4.27. The summed E-state index contributed by atoms with van der Waals surface area (Å²) >= 11 is 12.6. The summed E-state index contributed by atoms with van der Waals surface area (Å²) in [5, 5.41) is 3.58. The van der Waals surface area contributed by atoms with Gasteiger partial charge in [0.2, 0.25) is 11.8 Å². The Hall–Kier alpha value is -4.83. The van der Waals surface area contributed by atoms with Crippen LogP contribution in [0, 0.1) is 6.92 Å². The standard InChI is InChI=1S/C40H39Cl2N3O5S/c1-28(2)43-40(47)38(25-30-10-6-4-7-11-30)44(26-31-16-23-36(41)37(42)24-31)39(46)27-45(51(48,49)35-21-14-29(3)15-22-35)32-17-19-34(20-18-32)50-33-12-8-5-9-13-33/h4-24,28,38H,25-27H2,1-3H3,(H,43,47)/t38-/m0/s1. The smallest absolute Gasteiger partial charge is 0.264 e. The van der Waals surface area contributed by atoms with Crippen LogP contribution in [-0.4, -0.2) is 43.8 Å². The Morgan fingerprint density at radius 1 is 0.745 bits per heavy atom. The number of hydrogen-bond acceptors (Lipinski definition) is 5. The number of aryl methyl sites for hydroxylation is 1. The highest BCUT2D eigenvalue weighted by atomic mass is 35.5. The Morgan fingerprint density at radius 3 is 1.96 bits per heavy atom. The van der Waals surface area contributed by atoms with Gasteiger partial charge in [0.25, 0.3) is 10.0 Å². The first-order chi connectivity index (χ1) is 24.4. The SMILES string of the molecule is Cc1ccc(S(=O)(=O)N(CC(=O)N(Cc2ccc(Cl)c(Cl)c2)[C@@H](Cc2ccccc2)C(=O)NC(C)C)c2ccc(Oc3ccccc3)cc2)cc1. The second-order valence-corrected chi connectivity index (χ2v) is 15.0. The number of halogens is 2. The third-order valence-corrected chi connectivity index (χ3v) is 10.6. The lowest BCUT2D eigenvalue weighted by Crippen LogP contribution is -2.54. The van der Waals surface area contributed by atoms with Crippen molar-refractivity contribution in [3.63, 3.8) is 0 Å². The maximum absolute atomic E-state index is 14.7. The van der Waals surface area contributed by atoms with Crippen molar-refractivity contribution in [2.75, 3.05) is 10.8 Å². The van der Waals surface area contributed by atoms with Gasteiger partial charge in [0, 0.05) is 19.0 Å². The van der Waals surface area contributed by atoms with Gasteiger partial charge >= 0.3 is 0 Å². The Kier molecular flexibility index (Phi) is 12.4. The molecule has 0 aliphatic heterocycles. The van der Waals surface area contributed by atoms with Crippen molar-refractivity contribution >= 4 is 50.7 Å². The van der Waals surface area contributed by atoms with E-state index < -0.39 is 28.5 Å². The van der Waals surface area contributed by atoms with Gasteiger partial charge in [0.15, 0.2) is 0 Å². The van der Waals surface area contributed by atoms with Crippen LogP contribution >= 0.6 is 23.2 Å². The lowest BCUT2D eigenvalue weighted by atomic mass is 10.0. The van der Waals surface area contributed by atoms with E-state index in [0.717, 1.165) is 15.4 Å². The average molecular weight is 745 g/mol. The largest absolute Gasteiger partial charge is 0.457 e. The molecule has 5 aromatic rings. The van der Waals surface area contributed by atoms with Crippen molar-refractivity contribution in [3.8, 4) is 11.5 Å². The van der Waals surface area contributed by atoms with Crippen LogP contribution in [0.5, 0.6) is 11.5 Å². The molecule has 0 saturated heterocycles. The summed E-state index contributed by atoms with van der Waals surface area (Å²) in [6.07, 6.45) is 0.183. The van der Waals surface area contributed by atoms with E-state index >= 15 is 0 Å². The van der Waals surface area contributed by atoms with Crippen molar-refractivity contribution in [1.82, 2.24) is 10.2 Å². The molecule has 0 radical (unpaired) electrons. The number of anilines is 1. The molecule has 5 rings (SSSR count). The van der Waals surface area contributed by atoms with Crippen LogP contribution in [-0.2, 0) is 32.6 Å². The third kappa shape index (κ3) is 9.91. The number of amides is 2. The zero-order valence-electron chi connectivity index (χ0n) is 28.5. The van der Waals surface area contributed by atoms with Gasteiger partial charge in [0.05, 0.1) is 20.6 Å². The molecule has 0 saturated carbocycles. The molecular formula is C40H39Cl2N3O5S. The Balaban J connectivity index is 1.57. The number of hydrogen-bond donors (Lipinski definition) is 1. The molecule has 1 N–H and O–H groups in total. The number of carbonyl (C=O) groups is 2. The molecule has 11 heteroatoms. The van der Waals surface area contributed by atoms with Gasteiger partial charge in [-0.2, -0.15) is 0 Å². The van der Waals surface area contributed by atoms with Gasteiger partial charge in [-0.05, 0) is 92.6 Å². The fraction of sp³-hybridized carbons (Fsp3) is 0.200. The second-order valence-electron chi connectivity index (χ2n) is 12.4. The van der Waals surface area contributed by atoms with E-state index in [0.29, 0.717) is 22.1 Å². The van der Waals surface area contributed by atoms with Crippen LogP contribution in [0.15, 0.2) is 132 Å². The predicted octanol–water partition coefficient (Wildman–Crippen LogP) is 8.45. The van der Waals surface area contributed by atoms with Crippen LogP contribution in [0.3, 0.4) is 0 Å². The molecular weight excluding hydrogens is 705 g/mol. The number of ether oxygens (including phenoxy) is 1. The van der Waals surface area contributed by atoms with E-state index in [1.54, 1.807) is 54.6 Å². The maximum Gasteiger partial charge on any atom is 0.264 e. The van der Waals surface area contributed by atoms with Crippen molar-refractivity contribution in [2.45, 2.75) is 50.7 Å². The summed E-state index contributed by atoms with van der Waals surface area (Å²) in [5.41, 5.74) is 2.56. The predicted molar refractivity (Wildman–Crippen MR) is 203 cm³/mol. The quantitative estimate of drug-likeness (QED) is 0.123. The number of nitrogens with zero attached hydrogens (tertiary/aromatic N) is 2. The zero-order valence-corrected chi connectivity index (χ0v) is 30.8. The molecule has 0 unspecified atom stereocenters. The van der Waals surface area contributed by atoms with Crippen molar-refractivity contribution in [3.05, 3.63) is 154 Å². The second kappa shape index (κ2) is 16.9.